The van der Waals surface area contributed by atoms with E-state index in [0.29, 0.717) is 23.4 Å². The summed E-state index contributed by atoms with van der Waals surface area (Å²) in [4.78, 5) is 36.8. The van der Waals surface area contributed by atoms with Gasteiger partial charge in [0.15, 0.2) is 0 Å². The van der Waals surface area contributed by atoms with Crippen molar-refractivity contribution < 1.29 is 19.1 Å². The zero-order chi connectivity index (χ0) is 19.8. The molecule has 1 aromatic heterocycles. The minimum atomic E-state index is -0.674. The van der Waals surface area contributed by atoms with Gasteiger partial charge in [-0.25, -0.2) is 4.79 Å². The lowest BCUT2D eigenvalue weighted by molar-refractivity contribution is -0.143. The molecule has 1 unspecified atom stereocenters. The first-order chi connectivity index (χ1) is 12.9. The van der Waals surface area contributed by atoms with Gasteiger partial charge in [-0.15, -0.1) is 11.3 Å². The van der Waals surface area contributed by atoms with Crippen molar-refractivity contribution in [2.75, 3.05) is 7.11 Å². The Kier molecular flexibility index (Phi) is 7.55. The number of hydrogen-bond donors (Lipinski definition) is 2. The molecule has 7 heteroatoms. The predicted molar refractivity (Wildman–Crippen MR) is 105 cm³/mol. The van der Waals surface area contributed by atoms with Crippen LogP contribution in [0.3, 0.4) is 0 Å². The van der Waals surface area contributed by atoms with Crippen LogP contribution in [0.15, 0.2) is 41.8 Å². The third kappa shape index (κ3) is 6.21. The summed E-state index contributed by atoms with van der Waals surface area (Å²) in [5.74, 6) is -0.671. The third-order valence-corrected chi connectivity index (χ3v) is 4.78. The Hall–Kier alpha value is -2.67. The maximum Gasteiger partial charge on any atom is 0.328 e. The quantitative estimate of drug-likeness (QED) is 0.681. The van der Waals surface area contributed by atoms with Crippen LogP contribution in [0.25, 0.3) is 0 Å². The molecule has 0 saturated heterocycles. The van der Waals surface area contributed by atoms with Gasteiger partial charge in [-0.3, -0.25) is 9.59 Å². The molecule has 0 aliphatic rings. The van der Waals surface area contributed by atoms with Gasteiger partial charge in [-0.2, -0.15) is 0 Å². The molecule has 2 aromatic rings. The van der Waals surface area contributed by atoms with E-state index in [1.807, 2.05) is 25.3 Å². The van der Waals surface area contributed by atoms with Gasteiger partial charge in [0.1, 0.15) is 6.04 Å². The van der Waals surface area contributed by atoms with E-state index in [1.54, 1.807) is 30.3 Å². The smallest absolute Gasteiger partial charge is 0.328 e. The Balaban J connectivity index is 1.93. The van der Waals surface area contributed by atoms with E-state index < -0.39 is 12.0 Å². The zero-order valence-electron chi connectivity index (χ0n) is 15.7. The van der Waals surface area contributed by atoms with E-state index >= 15 is 0 Å². The highest BCUT2D eigenvalue weighted by molar-refractivity contribution is 7.12. The van der Waals surface area contributed by atoms with E-state index in [-0.39, 0.29) is 17.7 Å². The van der Waals surface area contributed by atoms with Crippen LogP contribution in [-0.4, -0.2) is 30.9 Å². The number of nitrogens with one attached hydrogen (secondary N) is 2. The molecule has 0 saturated carbocycles. The number of carbonyl (C=O) groups is 3. The van der Waals surface area contributed by atoms with E-state index in [2.05, 4.69) is 10.6 Å². The minimum Gasteiger partial charge on any atom is -0.467 e. The van der Waals surface area contributed by atoms with Gasteiger partial charge in [0.2, 0.25) is 0 Å². The highest BCUT2D eigenvalue weighted by atomic mass is 32.1. The van der Waals surface area contributed by atoms with Gasteiger partial charge in [-0.1, -0.05) is 32.0 Å². The van der Waals surface area contributed by atoms with Gasteiger partial charge in [0.25, 0.3) is 11.8 Å². The molecular formula is C20H24N2O4S. The second-order valence-electron chi connectivity index (χ2n) is 6.54. The maximum absolute atomic E-state index is 12.4. The standard InChI is InChI=1S/C20H24N2O4S/c1-13(2)11-16(20(25)26-3)22-18(23)15-8-6-14(7-9-15)12-21-19(24)17-5-4-10-27-17/h4-10,13,16H,11-12H2,1-3H3,(H,21,24)(H,22,23). The molecule has 1 atom stereocenters. The fraction of sp³-hybridized carbons (Fsp3) is 0.350. The molecular weight excluding hydrogens is 364 g/mol. The molecule has 0 spiro atoms. The van der Waals surface area contributed by atoms with Crippen LogP contribution in [0.4, 0.5) is 0 Å². The largest absolute Gasteiger partial charge is 0.467 e. The Morgan fingerprint density at radius 2 is 1.78 bits per heavy atom. The number of esters is 1. The molecule has 6 nitrogen and oxygen atoms in total. The third-order valence-electron chi connectivity index (χ3n) is 3.91. The Morgan fingerprint density at radius 3 is 2.33 bits per heavy atom. The fourth-order valence-electron chi connectivity index (χ4n) is 2.52. The van der Waals surface area contributed by atoms with Gasteiger partial charge in [0.05, 0.1) is 12.0 Å². The zero-order valence-corrected chi connectivity index (χ0v) is 16.5. The summed E-state index contributed by atoms with van der Waals surface area (Å²) in [5.41, 5.74) is 1.32. The second kappa shape index (κ2) is 9.87. The van der Waals surface area contributed by atoms with Gasteiger partial charge in [-0.05, 0) is 41.5 Å². The molecule has 2 amide bonds. The lowest BCUT2D eigenvalue weighted by Gasteiger charge is -2.18. The molecule has 2 N–H and O–H groups in total. The van der Waals surface area contributed by atoms with Crippen molar-refractivity contribution in [3.8, 4) is 0 Å². The first-order valence-electron chi connectivity index (χ1n) is 8.70. The van der Waals surface area contributed by atoms with Crippen molar-refractivity contribution in [2.24, 2.45) is 5.92 Å². The molecule has 0 radical (unpaired) electrons. The summed E-state index contributed by atoms with van der Waals surface area (Å²) in [7, 11) is 1.31. The number of methoxy groups -OCH3 is 1. The number of benzene rings is 1. The lowest BCUT2D eigenvalue weighted by atomic mass is 10.0. The average Bonchev–Trinajstić information content (AvgIpc) is 3.19. The molecule has 1 aromatic carbocycles. The first kappa shape index (κ1) is 20.6. The number of ether oxygens (including phenoxy) is 1. The minimum absolute atomic E-state index is 0.124. The fourth-order valence-corrected chi connectivity index (χ4v) is 3.16. The summed E-state index contributed by atoms with van der Waals surface area (Å²) in [6.07, 6.45) is 0.505. The average molecular weight is 388 g/mol. The molecule has 144 valence electrons. The highest BCUT2D eigenvalue weighted by Crippen LogP contribution is 2.11. The van der Waals surface area contributed by atoms with Gasteiger partial charge < -0.3 is 15.4 Å². The topological polar surface area (TPSA) is 84.5 Å². The Morgan fingerprint density at radius 1 is 1.07 bits per heavy atom. The highest BCUT2D eigenvalue weighted by Gasteiger charge is 2.23. The van der Waals surface area contributed by atoms with Gasteiger partial charge >= 0.3 is 5.97 Å². The van der Waals surface area contributed by atoms with Crippen molar-refractivity contribution in [2.45, 2.75) is 32.9 Å². The van der Waals surface area contributed by atoms with Crippen LogP contribution in [0.5, 0.6) is 0 Å². The van der Waals surface area contributed by atoms with Crippen molar-refractivity contribution in [1.29, 1.82) is 0 Å². The molecule has 0 fully saturated rings. The molecule has 0 bridgehead atoms. The number of hydrogen-bond acceptors (Lipinski definition) is 5. The Labute approximate surface area is 162 Å². The number of carbonyl (C=O) groups excluding carboxylic acids is 3. The number of thiophene rings is 1. The van der Waals surface area contributed by atoms with Gasteiger partial charge in [0, 0.05) is 12.1 Å². The molecule has 2 rings (SSSR count). The van der Waals surface area contributed by atoms with E-state index in [9.17, 15) is 14.4 Å². The lowest BCUT2D eigenvalue weighted by Crippen LogP contribution is -2.42. The van der Waals surface area contributed by atoms with Crippen LogP contribution in [0, 0.1) is 5.92 Å². The van der Waals surface area contributed by atoms with Crippen LogP contribution in [-0.2, 0) is 16.1 Å². The summed E-state index contributed by atoms with van der Waals surface area (Å²) < 4.78 is 4.76. The van der Waals surface area contributed by atoms with Crippen LogP contribution >= 0.6 is 11.3 Å². The molecule has 0 aliphatic heterocycles. The van der Waals surface area contributed by atoms with Crippen molar-refractivity contribution in [3.63, 3.8) is 0 Å². The molecule has 27 heavy (non-hydrogen) atoms. The van der Waals surface area contributed by atoms with Crippen molar-refractivity contribution >= 4 is 29.1 Å². The monoisotopic (exact) mass is 388 g/mol. The summed E-state index contributed by atoms with van der Waals surface area (Å²) in [6.45, 7) is 4.32. The summed E-state index contributed by atoms with van der Waals surface area (Å²) in [6, 6.07) is 9.82. The number of rotatable bonds is 8. The number of amides is 2. The van der Waals surface area contributed by atoms with E-state index in [4.69, 9.17) is 4.74 Å². The normalized spacial score (nSPS) is 11.7. The predicted octanol–water partition coefficient (Wildman–Crippen LogP) is 3.00. The second-order valence-corrected chi connectivity index (χ2v) is 7.48. The molecule has 0 aliphatic carbocycles. The van der Waals surface area contributed by atoms with Crippen LogP contribution in [0.2, 0.25) is 0 Å². The van der Waals surface area contributed by atoms with Crippen molar-refractivity contribution in [1.82, 2.24) is 10.6 Å². The van der Waals surface area contributed by atoms with E-state index in [0.717, 1.165) is 5.56 Å². The summed E-state index contributed by atoms with van der Waals surface area (Å²) >= 11 is 1.38. The summed E-state index contributed by atoms with van der Waals surface area (Å²) in [5, 5.41) is 7.41. The van der Waals surface area contributed by atoms with Crippen LogP contribution < -0.4 is 10.6 Å². The van der Waals surface area contributed by atoms with E-state index in [1.165, 1.54) is 18.4 Å². The maximum atomic E-state index is 12.4. The molecule has 1 heterocycles. The first-order valence-corrected chi connectivity index (χ1v) is 9.58. The Bertz CT molecular complexity index is 770. The SMILES string of the molecule is COC(=O)C(CC(C)C)NC(=O)c1ccc(CNC(=O)c2cccs2)cc1. The van der Waals surface area contributed by atoms with Crippen molar-refractivity contribution in [3.05, 3.63) is 57.8 Å². The van der Waals surface area contributed by atoms with Crippen LogP contribution in [0.1, 0.15) is 45.9 Å².